The van der Waals surface area contributed by atoms with E-state index in [1.165, 1.54) is 22.2 Å². The van der Waals surface area contributed by atoms with Gasteiger partial charge in [-0.25, -0.2) is 32.1 Å². The molecule has 0 bridgehead atoms. The lowest BCUT2D eigenvalue weighted by Crippen LogP contribution is -2.48. The lowest BCUT2D eigenvalue weighted by atomic mass is 10.00. The second-order valence-electron chi connectivity index (χ2n) is 9.77. The zero-order valence-electron chi connectivity index (χ0n) is 21.9. The Labute approximate surface area is 240 Å². The highest BCUT2D eigenvalue weighted by Crippen LogP contribution is 2.38. The third kappa shape index (κ3) is 5.76. The number of ether oxygens (including phenoxy) is 1. The van der Waals surface area contributed by atoms with E-state index in [1.54, 1.807) is 25.1 Å². The van der Waals surface area contributed by atoms with Gasteiger partial charge in [-0.05, 0) is 42.5 Å². The molecule has 1 unspecified atom stereocenters. The van der Waals surface area contributed by atoms with Gasteiger partial charge in [0.1, 0.15) is 28.7 Å². The van der Waals surface area contributed by atoms with Crippen molar-refractivity contribution in [3.8, 4) is 5.75 Å². The van der Waals surface area contributed by atoms with E-state index in [0.29, 0.717) is 29.1 Å². The number of likely N-dealkylation sites (tertiary alicyclic amines) is 1. The number of anilines is 3. The zero-order chi connectivity index (χ0) is 29.5. The number of pyridine rings is 1. The summed E-state index contributed by atoms with van der Waals surface area (Å²) in [7, 11) is 0. The minimum Gasteiger partial charge on any atom is -0.494 e. The molecular weight excluding hydrogens is 582 g/mol. The van der Waals surface area contributed by atoms with Crippen LogP contribution in [0.25, 0.3) is 10.8 Å². The number of hydrogen-bond acceptors (Lipinski definition) is 9. The minimum absolute atomic E-state index is 0.0204. The number of aliphatic carboxylic acids is 1. The maximum atomic E-state index is 13.7. The third-order valence-electron chi connectivity index (χ3n) is 7.15. The van der Waals surface area contributed by atoms with E-state index in [0.717, 1.165) is 21.0 Å². The van der Waals surface area contributed by atoms with E-state index in [4.69, 9.17) is 10.5 Å². The van der Waals surface area contributed by atoms with Crippen LogP contribution >= 0.6 is 11.3 Å². The first-order valence-corrected chi connectivity index (χ1v) is 14.7. The van der Waals surface area contributed by atoms with Gasteiger partial charge in [-0.2, -0.15) is 0 Å². The highest BCUT2D eigenvalue weighted by atomic mass is 32.2. The second kappa shape index (κ2) is 11.3. The first kappa shape index (κ1) is 28.9. The van der Waals surface area contributed by atoms with Crippen molar-refractivity contribution in [2.75, 3.05) is 41.2 Å². The Hall–Kier alpha value is -3.63. The smallest absolute Gasteiger partial charge is 0.326 e. The first-order chi connectivity index (χ1) is 19.5. The van der Waals surface area contributed by atoms with Crippen LogP contribution in [0.15, 0.2) is 30.6 Å². The average molecular weight is 611 g/mol. The molecule has 2 fully saturated rings. The quantitative estimate of drug-likeness (QED) is 0.291. The second-order valence-corrected chi connectivity index (χ2v) is 11.6. The number of aromatic nitrogens is 2. The maximum Gasteiger partial charge on any atom is 0.326 e. The number of halogens is 2. The van der Waals surface area contributed by atoms with Gasteiger partial charge in [0.15, 0.2) is 5.13 Å². The van der Waals surface area contributed by atoms with Crippen LogP contribution in [0.2, 0.25) is 0 Å². The molecule has 0 saturated carbocycles. The Morgan fingerprint density at radius 2 is 2.15 bits per heavy atom. The lowest BCUT2D eigenvalue weighted by molar-refractivity contribution is -0.148. The number of nitrogens with zero attached hydrogens (tertiary/aromatic N) is 5. The van der Waals surface area contributed by atoms with Crippen molar-refractivity contribution in [1.29, 1.82) is 0 Å². The Kier molecular flexibility index (Phi) is 7.98. The first-order valence-electron chi connectivity index (χ1n) is 12.8. The van der Waals surface area contributed by atoms with Crippen LogP contribution in [-0.4, -0.2) is 84.9 Å². The van der Waals surface area contributed by atoms with Crippen LogP contribution in [0.1, 0.15) is 25.3 Å². The highest BCUT2D eigenvalue weighted by molar-refractivity contribution is 7.81. The number of carboxylic acids is 1. The number of fused-ring (bicyclic) bond motifs is 1. The molecule has 2 aliphatic rings. The van der Waals surface area contributed by atoms with Crippen molar-refractivity contribution in [3.63, 3.8) is 0 Å². The molecule has 2 aromatic heterocycles. The van der Waals surface area contributed by atoms with Crippen molar-refractivity contribution < 1.29 is 37.0 Å². The topological polar surface area (TPSA) is 162 Å². The fourth-order valence-corrected chi connectivity index (χ4v) is 7.03. The van der Waals surface area contributed by atoms with Gasteiger partial charge >= 0.3 is 5.97 Å². The Balaban J connectivity index is 1.40. The Morgan fingerprint density at radius 1 is 1.37 bits per heavy atom. The standard InChI is InChI=1S/C25H28F2N6O6S2/c1-2-39-19-11-16-14(3-6-29-21(16)28)9-15(19)10-18(23(35)36)32-7-4-17(22(32)34)33(41(37)38)20-12-30-24(40-20)31-8-5-25(26,27)13-31/h3,6,9,11-12,17-18H,2,4-5,7-8,10,13H2,1H3,(H2,28,29)(H,35,36)(H,37,38)/t17-,18+/m0/s1. The van der Waals surface area contributed by atoms with Crippen LogP contribution in [0, 0.1) is 0 Å². The van der Waals surface area contributed by atoms with Crippen molar-refractivity contribution in [2.24, 2.45) is 0 Å². The number of hydrogen-bond donors (Lipinski definition) is 3. The van der Waals surface area contributed by atoms with Crippen LogP contribution in [0.4, 0.5) is 24.7 Å². The molecule has 220 valence electrons. The highest BCUT2D eigenvalue weighted by Gasteiger charge is 2.45. The summed E-state index contributed by atoms with van der Waals surface area (Å²) in [5.41, 5.74) is 6.55. The maximum absolute atomic E-state index is 13.7. The third-order valence-corrected chi connectivity index (χ3v) is 9.11. The molecule has 0 spiro atoms. The van der Waals surface area contributed by atoms with Gasteiger partial charge < -0.3 is 25.4 Å². The fourth-order valence-electron chi connectivity index (χ4n) is 5.22. The van der Waals surface area contributed by atoms with Gasteiger partial charge in [0.05, 0.1) is 19.3 Å². The molecule has 3 atom stereocenters. The van der Waals surface area contributed by atoms with Crippen LogP contribution < -0.4 is 19.7 Å². The largest absolute Gasteiger partial charge is 0.494 e. The molecule has 2 saturated heterocycles. The number of nitrogen functional groups attached to an aromatic ring is 1. The van der Waals surface area contributed by atoms with Crippen molar-refractivity contribution in [1.82, 2.24) is 14.9 Å². The monoisotopic (exact) mass is 610 g/mol. The number of rotatable bonds is 10. The fraction of sp³-hybridized carbons (Fsp3) is 0.440. The van der Waals surface area contributed by atoms with Crippen LogP contribution in [0.5, 0.6) is 5.75 Å². The van der Waals surface area contributed by atoms with Gasteiger partial charge in [-0.15, -0.1) is 0 Å². The Bertz CT molecular complexity index is 1510. The summed E-state index contributed by atoms with van der Waals surface area (Å²) < 4.78 is 56.6. The number of amides is 1. The number of carboxylic acid groups (broad SMARTS) is 1. The van der Waals surface area contributed by atoms with E-state index in [-0.39, 0.29) is 42.5 Å². The molecule has 16 heteroatoms. The number of benzene rings is 1. The summed E-state index contributed by atoms with van der Waals surface area (Å²) in [5, 5.41) is 11.9. The van der Waals surface area contributed by atoms with Crippen molar-refractivity contribution in [2.45, 2.75) is 44.2 Å². The van der Waals surface area contributed by atoms with Crippen molar-refractivity contribution >= 4 is 61.2 Å². The number of nitrogens with two attached hydrogens (primary N) is 1. The number of carbonyl (C=O) groups is 2. The summed E-state index contributed by atoms with van der Waals surface area (Å²) in [6.45, 7) is 1.69. The van der Waals surface area contributed by atoms with E-state index in [2.05, 4.69) is 9.97 Å². The van der Waals surface area contributed by atoms with E-state index < -0.39 is 47.7 Å². The van der Waals surface area contributed by atoms with Gasteiger partial charge in [0.2, 0.25) is 5.91 Å². The average Bonchev–Trinajstić information content (AvgIpc) is 3.63. The predicted octanol–water partition coefficient (Wildman–Crippen LogP) is 2.76. The Morgan fingerprint density at radius 3 is 2.80 bits per heavy atom. The summed E-state index contributed by atoms with van der Waals surface area (Å²) >= 11 is -1.75. The molecule has 0 aliphatic carbocycles. The molecule has 3 aromatic rings. The van der Waals surface area contributed by atoms with Gasteiger partial charge in [-0.1, -0.05) is 11.3 Å². The van der Waals surface area contributed by atoms with Gasteiger partial charge in [-0.3, -0.25) is 9.35 Å². The van der Waals surface area contributed by atoms with E-state index in [1.807, 2.05) is 0 Å². The molecule has 4 heterocycles. The van der Waals surface area contributed by atoms with E-state index >= 15 is 0 Å². The molecule has 4 N–H and O–H groups in total. The van der Waals surface area contributed by atoms with E-state index in [9.17, 15) is 32.2 Å². The summed E-state index contributed by atoms with van der Waals surface area (Å²) in [4.78, 5) is 36.8. The molecule has 2 aliphatic heterocycles. The molecule has 41 heavy (non-hydrogen) atoms. The molecule has 12 nitrogen and oxygen atoms in total. The van der Waals surface area contributed by atoms with Crippen molar-refractivity contribution in [3.05, 3.63) is 36.2 Å². The van der Waals surface area contributed by atoms with Crippen LogP contribution in [0.3, 0.4) is 0 Å². The molecule has 1 amide bonds. The normalized spacial score (nSPS) is 20.0. The number of alkyl halides is 2. The summed E-state index contributed by atoms with van der Waals surface area (Å²) in [5.74, 6) is -4.03. The minimum atomic E-state index is -2.85. The lowest BCUT2D eigenvalue weighted by Gasteiger charge is -2.28. The van der Waals surface area contributed by atoms with Gasteiger partial charge in [0, 0.05) is 37.5 Å². The molecule has 1 aromatic carbocycles. The number of carbonyl (C=O) groups excluding carboxylic acids is 1. The number of thiazole rings is 1. The van der Waals surface area contributed by atoms with Crippen LogP contribution in [-0.2, 0) is 27.3 Å². The zero-order valence-corrected chi connectivity index (χ0v) is 23.5. The summed E-state index contributed by atoms with van der Waals surface area (Å²) in [6.07, 6.45) is 2.46. The molecule has 0 radical (unpaired) electrons. The molecule has 5 rings (SSSR count). The summed E-state index contributed by atoms with van der Waals surface area (Å²) in [6, 6.07) is 2.74. The predicted molar refractivity (Wildman–Crippen MR) is 150 cm³/mol. The molecular formula is C25H28F2N6O6S2. The van der Waals surface area contributed by atoms with Gasteiger partial charge in [0.25, 0.3) is 17.2 Å². The SMILES string of the molecule is CCOc1cc2c(N)nccc2cc1C[C@H](C(=O)O)N1CC[C@H](N(c2cnc(N3CCC(F)(F)C3)s2)S(=O)O)C1=O.